The summed E-state index contributed by atoms with van der Waals surface area (Å²) in [4.78, 5) is 12.0. The molecular weight excluding hydrogens is 436 g/mol. The second kappa shape index (κ2) is 11.7. The minimum Gasteiger partial charge on any atom is -0.494 e. The van der Waals surface area contributed by atoms with Gasteiger partial charge >= 0.3 is 0 Å². The predicted octanol–water partition coefficient (Wildman–Crippen LogP) is 4.78. The van der Waals surface area contributed by atoms with Crippen LogP contribution in [0.3, 0.4) is 0 Å². The average molecular weight is 459 g/mol. The van der Waals surface area contributed by atoms with Gasteiger partial charge in [-0.15, -0.1) is 10.2 Å². The number of amides is 1. The second-order valence-corrected chi connectivity index (χ2v) is 9.61. The van der Waals surface area contributed by atoms with Crippen LogP contribution in [0.25, 0.3) is 0 Å². The molecule has 6 nitrogen and oxygen atoms in total. The maximum atomic E-state index is 12.0. The molecule has 0 aliphatic heterocycles. The van der Waals surface area contributed by atoms with E-state index in [1.807, 2.05) is 31.2 Å². The summed E-state index contributed by atoms with van der Waals surface area (Å²) < 4.78 is 7.06. The van der Waals surface area contributed by atoms with Crippen LogP contribution in [0.5, 0.6) is 5.75 Å². The Morgan fingerprint density at radius 1 is 1.10 bits per heavy atom. The van der Waals surface area contributed by atoms with Gasteiger partial charge in [0.15, 0.2) is 8.68 Å². The molecule has 0 saturated heterocycles. The zero-order chi connectivity index (χ0) is 21.2. The Morgan fingerprint density at radius 2 is 1.80 bits per heavy atom. The number of hydrogen-bond acceptors (Lipinski definition) is 8. The summed E-state index contributed by atoms with van der Waals surface area (Å²) in [6.07, 6.45) is 1.60. The minimum absolute atomic E-state index is 0.189. The first-order chi connectivity index (χ1) is 14.6. The predicted molar refractivity (Wildman–Crippen MR) is 125 cm³/mol. The van der Waals surface area contributed by atoms with Gasteiger partial charge in [-0.1, -0.05) is 64.7 Å². The molecule has 30 heavy (non-hydrogen) atoms. The topological polar surface area (TPSA) is 76.5 Å². The molecule has 0 aliphatic rings. The zero-order valence-electron chi connectivity index (χ0n) is 16.7. The van der Waals surface area contributed by atoms with Crippen LogP contribution in [-0.2, 0) is 10.5 Å². The highest BCUT2D eigenvalue weighted by Crippen LogP contribution is 2.30. The molecule has 0 fully saturated rings. The van der Waals surface area contributed by atoms with Crippen molar-refractivity contribution in [2.75, 3.05) is 12.4 Å². The molecule has 0 saturated carbocycles. The summed E-state index contributed by atoms with van der Waals surface area (Å²) in [5.74, 6) is 1.70. The molecule has 3 aromatic rings. The van der Waals surface area contributed by atoms with Gasteiger partial charge in [0, 0.05) is 5.75 Å². The standard InChI is InChI=1S/C21H22N4O2S3/c1-3-27-18-10-8-16(9-11-18)12-22-23-19(26)14-29-21-25-24-20(30-21)28-13-17-6-4-15(2)5-7-17/h4-12H,3,13-14H2,1-2H3,(H,23,26)/b22-12+. The third kappa shape index (κ3) is 7.47. The number of carbonyl (C=O) groups excluding carboxylic acids is 1. The Hall–Kier alpha value is -2.36. The quantitative estimate of drug-likeness (QED) is 0.268. The Kier molecular flexibility index (Phi) is 8.73. The number of carbonyl (C=O) groups is 1. The van der Waals surface area contributed by atoms with Gasteiger partial charge in [0.2, 0.25) is 0 Å². The van der Waals surface area contributed by atoms with Crippen LogP contribution in [0.2, 0.25) is 0 Å². The van der Waals surface area contributed by atoms with E-state index in [0.29, 0.717) is 6.61 Å². The van der Waals surface area contributed by atoms with Crippen LogP contribution in [0.15, 0.2) is 62.3 Å². The zero-order valence-corrected chi connectivity index (χ0v) is 19.1. The molecule has 0 unspecified atom stereocenters. The molecule has 1 aromatic heterocycles. The lowest BCUT2D eigenvalue weighted by atomic mass is 10.2. The fraction of sp³-hybridized carbons (Fsp3) is 0.238. The smallest absolute Gasteiger partial charge is 0.250 e. The molecule has 0 atom stereocenters. The Balaban J connectivity index is 1.38. The van der Waals surface area contributed by atoms with E-state index in [-0.39, 0.29) is 11.7 Å². The lowest BCUT2D eigenvalue weighted by Crippen LogP contribution is -2.19. The maximum absolute atomic E-state index is 12.0. The third-order valence-corrected chi connectivity index (χ3v) is 7.05. The van der Waals surface area contributed by atoms with Crippen molar-refractivity contribution in [3.63, 3.8) is 0 Å². The molecule has 2 aromatic carbocycles. The van der Waals surface area contributed by atoms with E-state index in [9.17, 15) is 4.79 Å². The lowest BCUT2D eigenvalue weighted by Gasteiger charge is -2.02. The second-order valence-electron chi connectivity index (χ2n) is 6.19. The van der Waals surface area contributed by atoms with Crippen molar-refractivity contribution in [3.8, 4) is 5.75 Å². The Labute approximate surface area is 188 Å². The third-order valence-electron chi connectivity index (χ3n) is 3.79. The van der Waals surface area contributed by atoms with E-state index in [0.717, 1.165) is 25.7 Å². The molecule has 0 bridgehead atoms. The summed E-state index contributed by atoms with van der Waals surface area (Å²) >= 11 is 4.50. The number of hydrazone groups is 1. The van der Waals surface area contributed by atoms with E-state index in [2.05, 4.69) is 51.9 Å². The summed E-state index contributed by atoms with van der Waals surface area (Å²) in [5, 5.41) is 12.3. The molecule has 9 heteroatoms. The fourth-order valence-electron chi connectivity index (χ4n) is 2.30. The number of nitrogens with zero attached hydrogens (tertiary/aromatic N) is 3. The summed E-state index contributed by atoms with van der Waals surface area (Å²) in [7, 11) is 0. The summed E-state index contributed by atoms with van der Waals surface area (Å²) in [5.41, 5.74) is 5.91. The number of aryl methyl sites for hydroxylation is 1. The van der Waals surface area contributed by atoms with Gasteiger partial charge in [0.25, 0.3) is 5.91 Å². The fourth-order valence-corrected chi connectivity index (χ4v) is 5.07. The van der Waals surface area contributed by atoms with Gasteiger partial charge in [0.05, 0.1) is 18.6 Å². The Bertz CT molecular complexity index is 973. The average Bonchev–Trinajstić information content (AvgIpc) is 3.21. The number of rotatable bonds is 10. The number of thioether (sulfide) groups is 2. The summed E-state index contributed by atoms with van der Waals surface area (Å²) in [6.45, 7) is 4.64. The van der Waals surface area contributed by atoms with Gasteiger partial charge in [-0.05, 0) is 49.2 Å². The molecule has 1 N–H and O–H groups in total. The van der Waals surface area contributed by atoms with E-state index >= 15 is 0 Å². The molecule has 1 amide bonds. The van der Waals surface area contributed by atoms with Crippen LogP contribution in [0.1, 0.15) is 23.6 Å². The highest BCUT2D eigenvalue weighted by atomic mass is 32.2. The van der Waals surface area contributed by atoms with Crippen molar-refractivity contribution in [1.29, 1.82) is 0 Å². The van der Waals surface area contributed by atoms with E-state index in [1.165, 1.54) is 34.2 Å². The first-order valence-corrected chi connectivity index (χ1v) is 12.1. The number of hydrogen-bond donors (Lipinski definition) is 1. The number of nitrogens with one attached hydrogen (secondary N) is 1. The van der Waals surface area contributed by atoms with Crippen molar-refractivity contribution in [3.05, 3.63) is 65.2 Å². The molecule has 0 radical (unpaired) electrons. The first-order valence-electron chi connectivity index (χ1n) is 9.32. The molecule has 0 aliphatic carbocycles. The Morgan fingerprint density at radius 3 is 2.50 bits per heavy atom. The monoisotopic (exact) mass is 458 g/mol. The van der Waals surface area contributed by atoms with Gasteiger partial charge < -0.3 is 4.74 Å². The van der Waals surface area contributed by atoms with Gasteiger partial charge in [0.1, 0.15) is 5.75 Å². The highest BCUT2D eigenvalue weighted by molar-refractivity contribution is 8.03. The maximum Gasteiger partial charge on any atom is 0.250 e. The summed E-state index contributed by atoms with van der Waals surface area (Å²) in [6, 6.07) is 16.0. The van der Waals surface area contributed by atoms with Crippen molar-refractivity contribution < 1.29 is 9.53 Å². The number of ether oxygens (including phenoxy) is 1. The van der Waals surface area contributed by atoms with Crippen LogP contribution >= 0.6 is 34.9 Å². The van der Waals surface area contributed by atoms with E-state index in [4.69, 9.17) is 4.74 Å². The van der Waals surface area contributed by atoms with Crippen LogP contribution in [0.4, 0.5) is 0 Å². The highest BCUT2D eigenvalue weighted by Gasteiger charge is 2.08. The molecule has 1 heterocycles. The molecule has 3 rings (SSSR count). The van der Waals surface area contributed by atoms with E-state index in [1.54, 1.807) is 18.0 Å². The van der Waals surface area contributed by atoms with E-state index < -0.39 is 0 Å². The molecular formula is C21H22N4O2S3. The number of aromatic nitrogens is 2. The molecule has 0 spiro atoms. The van der Waals surface area contributed by atoms with Gasteiger partial charge in [-0.3, -0.25) is 4.79 Å². The largest absolute Gasteiger partial charge is 0.494 e. The van der Waals surface area contributed by atoms with Gasteiger partial charge in [-0.2, -0.15) is 5.10 Å². The van der Waals surface area contributed by atoms with Crippen LogP contribution < -0.4 is 10.2 Å². The van der Waals surface area contributed by atoms with Crippen LogP contribution in [0, 0.1) is 6.92 Å². The number of benzene rings is 2. The SMILES string of the molecule is CCOc1ccc(/C=N/NC(=O)CSc2nnc(SCc3ccc(C)cc3)s2)cc1. The lowest BCUT2D eigenvalue weighted by molar-refractivity contribution is -0.118. The minimum atomic E-state index is -0.189. The van der Waals surface area contributed by atoms with Crippen molar-refractivity contribution in [2.24, 2.45) is 5.10 Å². The van der Waals surface area contributed by atoms with Crippen molar-refractivity contribution in [1.82, 2.24) is 15.6 Å². The van der Waals surface area contributed by atoms with Crippen molar-refractivity contribution in [2.45, 2.75) is 28.3 Å². The van der Waals surface area contributed by atoms with Crippen molar-refractivity contribution >= 4 is 47.0 Å². The van der Waals surface area contributed by atoms with Gasteiger partial charge in [-0.25, -0.2) is 5.43 Å². The normalized spacial score (nSPS) is 11.0. The van der Waals surface area contributed by atoms with Crippen LogP contribution in [-0.4, -0.2) is 34.7 Å². The first kappa shape index (κ1) is 22.3. The molecule has 156 valence electrons.